The average molecular weight is 229 g/mol. The SMILES string of the molecule is CCCCCC(C)N(CC)C(C)(C)C(=O)O. The molecule has 0 radical (unpaired) electrons. The number of carbonyl (C=O) groups is 1. The van der Waals surface area contributed by atoms with Crippen LogP contribution in [-0.2, 0) is 4.79 Å². The molecule has 0 fully saturated rings. The smallest absolute Gasteiger partial charge is 0.323 e. The molecular weight excluding hydrogens is 202 g/mol. The molecule has 0 aromatic rings. The summed E-state index contributed by atoms with van der Waals surface area (Å²) in [5, 5.41) is 9.22. The topological polar surface area (TPSA) is 40.5 Å². The third kappa shape index (κ3) is 4.12. The van der Waals surface area contributed by atoms with Gasteiger partial charge in [0.25, 0.3) is 0 Å². The van der Waals surface area contributed by atoms with E-state index in [1.165, 1.54) is 19.3 Å². The van der Waals surface area contributed by atoms with Gasteiger partial charge in [0.1, 0.15) is 5.54 Å². The molecule has 96 valence electrons. The first-order chi connectivity index (χ1) is 7.37. The van der Waals surface area contributed by atoms with E-state index in [0.29, 0.717) is 6.04 Å². The highest BCUT2D eigenvalue weighted by molar-refractivity contribution is 5.77. The molecule has 3 nitrogen and oxygen atoms in total. The van der Waals surface area contributed by atoms with Crippen LogP contribution in [0.1, 0.15) is 60.3 Å². The van der Waals surface area contributed by atoms with Crippen LogP contribution in [0.5, 0.6) is 0 Å². The second-order valence-corrected chi connectivity index (χ2v) is 4.99. The number of rotatable bonds is 8. The van der Waals surface area contributed by atoms with Crippen LogP contribution in [0.15, 0.2) is 0 Å². The molecule has 0 amide bonds. The van der Waals surface area contributed by atoms with Gasteiger partial charge in [-0.25, -0.2) is 0 Å². The third-order valence-electron chi connectivity index (χ3n) is 3.34. The molecule has 16 heavy (non-hydrogen) atoms. The second kappa shape index (κ2) is 6.89. The maximum atomic E-state index is 11.2. The van der Waals surface area contributed by atoms with Gasteiger partial charge in [0.05, 0.1) is 0 Å². The van der Waals surface area contributed by atoms with Gasteiger partial charge in [-0.3, -0.25) is 9.69 Å². The summed E-state index contributed by atoms with van der Waals surface area (Å²) in [5.41, 5.74) is -0.764. The van der Waals surface area contributed by atoms with Crippen LogP contribution in [0.25, 0.3) is 0 Å². The lowest BCUT2D eigenvalue weighted by Crippen LogP contribution is -2.53. The third-order valence-corrected chi connectivity index (χ3v) is 3.34. The van der Waals surface area contributed by atoms with E-state index in [0.717, 1.165) is 13.0 Å². The summed E-state index contributed by atoms with van der Waals surface area (Å²) in [7, 11) is 0. The first-order valence-electron chi connectivity index (χ1n) is 6.38. The van der Waals surface area contributed by atoms with Crippen molar-refractivity contribution in [3.63, 3.8) is 0 Å². The van der Waals surface area contributed by atoms with Crippen molar-refractivity contribution in [2.45, 2.75) is 71.9 Å². The van der Waals surface area contributed by atoms with Crippen molar-refractivity contribution >= 4 is 5.97 Å². The van der Waals surface area contributed by atoms with Crippen molar-refractivity contribution in [3.8, 4) is 0 Å². The van der Waals surface area contributed by atoms with Gasteiger partial charge in [-0.1, -0.05) is 33.1 Å². The summed E-state index contributed by atoms with van der Waals surface area (Å²) in [6, 6.07) is 0.336. The van der Waals surface area contributed by atoms with Gasteiger partial charge in [0, 0.05) is 6.04 Å². The fourth-order valence-corrected chi connectivity index (χ4v) is 2.23. The molecule has 0 aromatic carbocycles. The van der Waals surface area contributed by atoms with Gasteiger partial charge in [0.15, 0.2) is 0 Å². The highest BCUT2D eigenvalue weighted by atomic mass is 16.4. The van der Waals surface area contributed by atoms with Gasteiger partial charge in [-0.2, -0.15) is 0 Å². The molecule has 0 bridgehead atoms. The monoisotopic (exact) mass is 229 g/mol. The van der Waals surface area contributed by atoms with Crippen molar-refractivity contribution in [1.29, 1.82) is 0 Å². The molecule has 0 spiro atoms. The molecule has 0 aliphatic heterocycles. The molecule has 1 N–H and O–H groups in total. The Kier molecular flexibility index (Phi) is 6.65. The standard InChI is InChI=1S/C13H27NO2/c1-6-8-9-10-11(3)14(7-2)13(4,5)12(15)16/h11H,6-10H2,1-5H3,(H,15,16). The molecule has 0 saturated carbocycles. The van der Waals surface area contributed by atoms with Gasteiger partial charge >= 0.3 is 5.97 Å². The minimum atomic E-state index is -0.764. The molecule has 3 heteroatoms. The van der Waals surface area contributed by atoms with E-state index in [-0.39, 0.29) is 0 Å². The van der Waals surface area contributed by atoms with E-state index >= 15 is 0 Å². The van der Waals surface area contributed by atoms with Gasteiger partial charge in [-0.05, 0) is 33.7 Å². The molecule has 1 atom stereocenters. The lowest BCUT2D eigenvalue weighted by Gasteiger charge is -2.39. The van der Waals surface area contributed by atoms with Crippen LogP contribution in [0, 0.1) is 0 Å². The Morgan fingerprint density at radius 3 is 2.25 bits per heavy atom. The van der Waals surface area contributed by atoms with Crippen molar-refractivity contribution in [2.75, 3.05) is 6.54 Å². The highest BCUT2D eigenvalue weighted by Crippen LogP contribution is 2.21. The lowest BCUT2D eigenvalue weighted by molar-refractivity contribution is -0.150. The lowest BCUT2D eigenvalue weighted by atomic mass is 9.98. The predicted octanol–water partition coefficient (Wildman–Crippen LogP) is 3.14. The Bertz CT molecular complexity index is 214. The Hall–Kier alpha value is -0.570. The summed E-state index contributed by atoms with van der Waals surface area (Å²) in [4.78, 5) is 13.3. The number of likely N-dealkylation sites (N-methyl/N-ethyl adjacent to an activating group) is 1. The first kappa shape index (κ1) is 15.4. The molecule has 1 unspecified atom stereocenters. The van der Waals surface area contributed by atoms with Gasteiger partial charge < -0.3 is 5.11 Å². The van der Waals surface area contributed by atoms with Crippen LogP contribution in [0.2, 0.25) is 0 Å². The summed E-state index contributed by atoms with van der Waals surface area (Å²) < 4.78 is 0. The van der Waals surface area contributed by atoms with Crippen LogP contribution < -0.4 is 0 Å². The zero-order chi connectivity index (χ0) is 12.8. The average Bonchev–Trinajstić information content (AvgIpc) is 2.18. The number of carboxylic acid groups (broad SMARTS) is 1. The molecule has 0 aliphatic rings. The summed E-state index contributed by atoms with van der Waals surface area (Å²) in [5.74, 6) is -0.739. The number of hydrogen-bond acceptors (Lipinski definition) is 2. The normalized spacial score (nSPS) is 14.1. The van der Waals surface area contributed by atoms with Crippen molar-refractivity contribution in [2.24, 2.45) is 0 Å². The maximum Gasteiger partial charge on any atom is 0.323 e. The molecule has 0 rings (SSSR count). The minimum absolute atomic E-state index is 0.336. The van der Waals surface area contributed by atoms with Crippen LogP contribution in [0.4, 0.5) is 0 Å². The summed E-state index contributed by atoms with van der Waals surface area (Å²) in [6.45, 7) is 10.7. The second-order valence-electron chi connectivity index (χ2n) is 4.99. The Balaban J connectivity index is 4.42. The molecule has 0 heterocycles. The highest BCUT2D eigenvalue weighted by Gasteiger charge is 2.35. The first-order valence-corrected chi connectivity index (χ1v) is 6.38. The fraction of sp³-hybridized carbons (Fsp3) is 0.923. The largest absolute Gasteiger partial charge is 0.480 e. The van der Waals surface area contributed by atoms with Crippen LogP contribution in [0.3, 0.4) is 0 Å². The zero-order valence-electron chi connectivity index (χ0n) is 11.4. The van der Waals surface area contributed by atoms with Crippen LogP contribution >= 0.6 is 0 Å². The van der Waals surface area contributed by atoms with Crippen molar-refractivity contribution in [3.05, 3.63) is 0 Å². The summed E-state index contributed by atoms with van der Waals surface area (Å²) >= 11 is 0. The predicted molar refractivity (Wildman–Crippen MR) is 67.7 cm³/mol. The van der Waals surface area contributed by atoms with Gasteiger partial charge in [0.2, 0.25) is 0 Å². The number of unbranched alkanes of at least 4 members (excludes halogenated alkanes) is 2. The molecule has 0 aliphatic carbocycles. The minimum Gasteiger partial charge on any atom is -0.480 e. The van der Waals surface area contributed by atoms with E-state index in [1.54, 1.807) is 13.8 Å². The zero-order valence-corrected chi connectivity index (χ0v) is 11.4. The maximum absolute atomic E-state index is 11.2. The molecule has 0 saturated heterocycles. The Labute approximate surface area is 99.8 Å². The van der Waals surface area contributed by atoms with E-state index < -0.39 is 11.5 Å². The van der Waals surface area contributed by atoms with E-state index in [9.17, 15) is 9.90 Å². The number of hydrogen-bond donors (Lipinski definition) is 1. The summed E-state index contributed by atoms with van der Waals surface area (Å²) in [6.07, 6.45) is 4.71. The van der Waals surface area contributed by atoms with Crippen molar-refractivity contribution in [1.82, 2.24) is 4.90 Å². The Morgan fingerprint density at radius 2 is 1.88 bits per heavy atom. The van der Waals surface area contributed by atoms with E-state index in [2.05, 4.69) is 18.7 Å². The van der Waals surface area contributed by atoms with Crippen LogP contribution in [-0.4, -0.2) is 34.1 Å². The molecule has 0 aromatic heterocycles. The van der Waals surface area contributed by atoms with Crippen molar-refractivity contribution < 1.29 is 9.90 Å². The quantitative estimate of drug-likeness (QED) is 0.650. The fourth-order valence-electron chi connectivity index (χ4n) is 2.23. The number of aliphatic carboxylic acids is 1. The van der Waals surface area contributed by atoms with E-state index in [1.807, 2.05) is 6.92 Å². The number of carboxylic acids is 1. The number of nitrogens with zero attached hydrogens (tertiary/aromatic N) is 1. The molecular formula is C13H27NO2. The van der Waals surface area contributed by atoms with E-state index in [4.69, 9.17) is 0 Å². The van der Waals surface area contributed by atoms with Gasteiger partial charge in [-0.15, -0.1) is 0 Å². The Morgan fingerprint density at radius 1 is 1.31 bits per heavy atom.